The summed E-state index contributed by atoms with van der Waals surface area (Å²) in [6.45, 7) is 3.94. The molecule has 1 aliphatic heterocycles. The lowest BCUT2D eigenvalue weighted by Gasteiger charge is -2.23. The van der Waals surface area contributed by atoms with Gasteiger partial charge in [0.05, 0.1) is 0 Å². The number of rotatable bonds is 2. The Morgan fingerprint density at radius 2 is 2.36 bits per heavy atom. The van der Waals surface area contributed by atoms with E-state index in [1.807, 2.05) is 25.6 Å². The molecule has 1 N–H and O–H groups in total. The molecule has 0 spiro atoms. The summed E-state index contributed by atoms with van der Waals surface area (Å²) in [5.41, 5.74) is 2.07. The largest absolute Gasteiger partial charge is 0.377 e. The van der Waals surface area contributed by atoms with Crippen LogP contribution in [0.3, 0.4) is 0 Å². The van der Waals surface area contributed by atoms with Crippen LogP contribution >= 0.6 is 11.8 Å². The molecule has 14 heavy (non-hydrogen) atoms. The summed E-state index contributed by atoms with van der Waals surface area (Å²) in [6, 6.07) is 0.588. The SMILES string of the molecule is Cc1noc(C)c1NC1CCCSC1. The zero-order valence-corrected chi connectivity index (χ0v) is 9.49. The summed E-state index contributed by atoms with van der Waals surface area (Å²) in [6.07, 6.45) is 2.57. The monoisotopic (exact) mass is 212 g/mol. The van der Waals surface area contributed by atoms with Crippen molar-refractivity contribution < 1.29 is 4.52 Å². The third-order valence-electron chi connectivity index (χ3n) is 2.54. The number of thioether (sulfide) groups is 1. The smallest absolute Gasteiger partial charge is 0.157 e. The fourth-order valence-corrected chi connectivity index (χ4v) is 2.82. The molecule has 1 aromatic rings. The van der Waals surface area contributed by atoms with Crippen LogP contribution in [0.1, 0.15) is 24.3 Å². The van der Waals surface area contributed by atoms with Gasteiger partial charge in [0.1, 0.15) is 11.4 Å². The van der Waals surface area contributed by atoms with Crippen molar-refractivity contribution in [3.63, 3.8) is 0 Å². The number of hydrogen-bond donors (Lipinski definition) is 1. The molecular weight excluding hydrogens is 196 g/mol. The van der Waals surface area contributed by atoms with Crippen molar-refractivity contribution in [1.29, 1.82) is 0 Å². The molecule has 78 valence electrons. The molecular formula is C10H16N2OS. The third kappa shape index (κ3) is 2.05. The number of nitrogens with zero attached hydrogens (tertiary/aromatic N) is 1. The molecule has 0 radical (unpaired) electrons. The predicted molar refractivity (Wildman–Crippen MR) is 59.9 cm³/mol. The second-order valence-corrected chi connectivity index (χ2v) is 4.91. The maximum absolute atomic E-state index is 5.12. The van der Waals surface area contributed by atoms with E-state index in [2.05, 4.69) is 10.5 Å². The van der Waals surface area contributed by atoms with E-state index in [1.165, 1.54) is 24.3 Å². The van der Waals surface area contributed by atoms with Crippen molar-refractivity contribution >= 4 is 17.4 Å². The van der Waals surface area contributed by atoms with Crippen LogP contribution in [0, 0.1) is 13.8 Å². The lowest BCUT2D eigenvalue weighted by atomic mass is 10.1. The lowest BCUT2D eigenvalue weighted by Crippen LogP contribution is -2.26. The Kier molecular flexibility index (Phi) is 3.01. The van der Waals surface area contributed by atoms with Crippen molar-refractivity contribution in [3.8, 4) is 0 Å². The van der Waals surface area contributed by atoms with Gasteiger partial charge in [0, 0.05) is 11.8 Å². The van der Waals surface area contributed by atoms with Crippen LogP contribution in [0.25, 0.3) is 0 Å². The Bertz CT molecular complexity index is 286. The molecule has 1 aromatic heterocycles. The highest BCUT2D eigenvalue weighted by atomic mass is 32.2. The minimum absolute atomic E-state index is 0.588. The van der Waals surface area contributed by atoms with E-state index in [1.54, 1.807) is 0 Å². The number of nitrogens with one attached hydrogen (secondary N) is 1. The van der Waals surface area contributed by atoms with E-state index < -0.39 is 0 Å². The standard InChI is InChI=1S/C10H16N2OS/c1-7-10(8(2)13-12-7)11-9-4-3-5-14-6-9/h9,11H,3-6H2,1-2H3. The molecule has 3 nitrogen and oxygen atoms in total. The van der Waals surface area contributed by atoms with Crippen LogP contribution in [0.15, 0.2) is 4.52 Å². The summed E-state index contributed by atoms with van der Waals surface area (Å²) in [4.78, 5) is 0. The molecule has 4 heteroatoms. The van der Waals surface area contributed by atoms with Gasteiger partial charge in [0.15, 0.2) is 5.76 Å². The molecule has 0 aliphatic carbocycles. The van der Waals surface area contributed by atoms with Gasteiger partial charge in [0.2, 0.25) is 0 Å². The Morgan fingerprint density at radius 1 is 1.50 bits per heavy atom. The molecule has 0 saturated carbocycles. The van der Waals surface area contributed by atoms with Crippen LogP contribution in [0.5, 0.6) is 0 Å². The van der Waals surface area contributed by atoms with Crippen LogP contribution < -0.4 is 5.32 Å². The highest BCUT2D eigenvalue weighted by molar-refractivity contribution is 7.99. The minimum Gasteiger partial charge on any atom is -0.377 e. The first kappa shape index (κ1) is 9.90. The highest BCUT2D eigenvalue weighted by Crippen LogP contribution is 2.24. The Hall–Kier alpha value is -0.640. The van der Waals surface area contributed by atoms with Gasteiger partial charge in [0.25, 0.3) is 0 Å². The first-order valence-electron chi connectivity index (χ1n) is 5.04. The van der Waals surface area contributed by atoms with E-state index in [0.717, 1.165) is 17.1 Å². The quantitative estimate of drug-likeness (QED) is 0.817. The summed E-state index contributed by atoms with van der Waals surface area (Å²) in [7, 11) is 0. The number of aryl methyl sites for hydroxylation is 2. The van der Waals surface area contributed by atoms with Gasteiger partial charge < -0.3 is 9.84 Å². The molecule has 1 saturated heterocycles. The van der Waals surface area contributed by atoms with Crippen molar-refractivity contribution in [1.82, 2.24) is 5.16 Å². The first-order valence-corrected chi connectivity index (χ1v) is 6.20. The second kappa shape index (κ2) is 4.26. The Morgan fingerprint density at radius 3 is 2.93 bits per heavy atom. The molecule has 2 heterocycles. The maximum atomic E-state index is 5.12. The maximum Gasteiger partial charge on any atom is 0.157 e. The fraction of sp³-hybridized carbons (Fsp3) is 0.700. The van der Waals surface area contributed by atoms with Gasteiger partial charge in [-0.25, -0.2) is 0 Å². The van der Waals surface area contributed by atoms with Crippen LogP contribution in [-0.4, -0.2) is 22.7 Å². The number of anilines is 1. The first-order chi connectivity index (χ1) is 6.77. The van der Waals surface area contributed by atoms with Crippen LogP contribution in [0.2, 0.25) is 0 Å². The normalized spacial score (nSPS) is 22.3. The predicted octanol–water partition coefficient (Wildman–Crippen LogP) is 2.60. The van der Waals surface area contributed by atoms with Gasteiger partial charge >= 0.3 is 0 Å². The minimum atomic E-state index is 0.588. The van der Waals surface area contributed by atoms with Crippen molar-refractivity contribution in [2.45, 2.75) is 32.7 Å². The van der Waals surface area contributed by atoms with Gasteiger partial charge in [-0.15, -0.1) is 0 Å². The molecule has 0 aromatic carbocycles. The van der Waals surface area contributed by atoms with Crippen LogP contribution in [0.4, 0.5) is 5.69 Å². The second-order valence-electron chi connectivity index (χ2n) is 3.76. The molecule has 1 unspecified atom stereocenters. The molecule has 0 bridgehead atoms. The topological polar surface area (TPSA) is 38.1 Å². The van der Waals surface area contributed by atoms with E-state index in [-0.39, 0.29) is 0 Å². The molecule has 1 atom stereocenters. The van der Waals surface area contributed by atoms with Gasteiger partial charge in [-0.2, -0.15) is 11.8 Å². The highest BCUT2D eigenvalue weighted by Gasteiger charge is 2.17. The van der Waals surface area contributed by atoms with E-state index in [0.29, 0.717) is 6.04 Å². The Labute approximate surface area is 88.6 Å². The average molecular weight is 212 g/mol. The Balaban J connectivity index is 2.02. The van der Waals surface area contributed by atoms with E-state index in [4.69, 9.17) is 4.52 Å². The summed E-state index contributed by atoms with van der Waals surface area (Å²) < 4.78 is 5.12. The molecule has 1 fully saturated rings. The van der Waals surface area contributed by atoms with Crippen molar-refractivity contribution in [2.75, 3.05) is 16.8 Å². The van der Waals surface area contributed by atoms with Gasteiger partial charge in [-0.3, -0.25) is 0 Å². The summed E-state index contributed by atoms with van der Waals surface area (Å²) >= 11 is 2.02. The molecule has 1 aliphatic rings. The number of hydrogen-bond acceptors (Lipinski definition) is 4. The zero-order valence-electron chi connectivity index (χ0n) is 8.67. The number of aromatic nitrogens is 1. The van der Waals surface area contributed by atoms with Gasteiger partial charge in [-0.05, 0) is 32.4 Å². The van der Waals surface area contributed by atoms with Crippen LogP contribution in [-0.2, 0) is 0 Å². The fourth-order valence-electron chi connectivity index (χ4n) is 1.75. The lowest BCUT2D eigenvalue weighted by molar-refractivity contribution is 0.393. The van der Waals surface area contributed by atoms with E-state index >= 15 is 0 Å². The van der Waals surface area contributed by atoms with Gasteiger partial charge in [-0.1, -0.05) is 5.16 Å². The van der Waals surface area contributed by atoms with Crippen molar-refractivity contribution in [2.24, 2.45) is 0 Å². The molecule has 0 amide bonds. The molecule has 2 rings (SSSR count). The average Bonchev–Trinajstić information content (AvgIpc) is 2.51. The summed E-state index contributed by atoms with van der Waals surface area (Å²) in [5.74, 6) is 3.40. The van der Waals surface area contributed by atoms with Crippen molar-refractivity contribution in [3.05, 3.63) is 11.5 Å². The van der Waals surface area contributed by atoms with E-state index in [9.17, 15) is 0 Å². The third-order valence-corrected chi connectivity index (χ3v) is 3.76. The summed E-state index contributed by atoms with van der Waals surface area (Å²) in [5, 5.41) is 7.46. The zero-order chi connectivity index (χ0) is 9.97.